The second-order valence-corrected chi connectivity index (χ2v) is 12.1. The molecule has 10 heteroatoms. The molecule has 2 N–H and O–H groups in total. The Morgan fingerprint density at radius 3 is 2.56 bits per heavy atom. The number of hydrogen-bond acceptors (Lipinski definition) is 7. The van der Waals surface area contributed by atoms with Crippen molar-refractivity contribution in [2.45, 2.75) is 83.8 Å². The summed E-state index contributed by atoms with van der Waals surface area (Å²) in [7, 11) is 0. The maximum atomic E-state index is 12.1. The highest BCUT2D eigenvalue weighted by molar-refractivity contribution is 6.30. The lowest BCUT2D eigenvalue weighted by Gasteiger charge is -2.36. The Kier molecular flexibility index (Phi) is 7.05. The molecule has 0 saturated heterocycles. The second kappa shape index (κ2) is 10.5. The SMILES string of the molecule is CC1CCC(Cn2c(C(C)(O)C3CCCCC3)nc3nc(-c4n[nH]c(=O)o4)nc(-c4cccc(Cl)c4)c32)CC1. The number of nitrogens with one attached hydrogen (secondary N) is 1. The van der Waals surface area contributed by atoms with E-state index in [0.29, 0.717) is 28.1 Å². The summed E-state index contributed by atoms with van der Waals surface area (Å²) in [6.07, 6.45) is 10.0. The maximum Gasteiger partial charge on any atom is 0.434 e. The average Bonchev–Trinajstić information content (AvgIpc) is 3.54. The van der Waals surface area contributed by atoms with Gasteiger partial charge in [-0.1, -0.05) is 62.8 Å². The molecule has 2 fully saturated rings. The number of aliphatic hydroxyl groups is 1. The van der Waals surface area contributed by atoms with E-state index in [1.54, 1.807) is 0 Å². The number of imidazole rings is 1. The van der Waals surface area contributed by atoms with E-state index in [0.717, 1.165) is 62.1 Å². The molecule has 6 rings (SSSR count). The summed E-state index contributed by atoms with van der Waals surface area (Å²) in [5.41, 5.74) is 1.47. The quantitative estimate of drug-likeness (QED) is 0.297. The van der Waals surface area contributed by atoms with Gasteiger partial charge in [0.15, 0.2) is 5.65 Å². The molecule has 9 nitrogen and oxygen atoms in total. The Bertz CT molecular complexity index is 1530. The van der Waals surface area contributed by atoms with E-state index in [4.69, 9.17) is 31.0 Å². The van der Waals surface area contributed by atoms with Crippen LogP contribution >= 0.6 is 11.6 Å². The van der Waals surface area contributed by atoms with Crippen molar-refractivity contribution in [3.63, 3.8) is 0 Å². The van der Waals surface area contributed by atoms with Gasteiger partial charge in [-0.2, -0.15) is 0 Å². The molecule has 2 aliphatic carbocycles. The fourth-order valence-corrected chi connectivity index (χ4v) is 6.67. The van der Waals surface area contributed by atoms with Gasteiger partial charge in [0, 0.05) is 17.1 Å². The zero-order valence-corrected chi connectivity index (χ0v) is 23.2. The van der Waals surface area contributed by atoms with Crippen molar-refractivity contribution in [3.05, 3.63) is 45.7 Å². The number of aromatic nitrogens is 6. The molecular weight excluding hydrogens is 516 g/mol. The highest BCUT2D eigenvalue weighted by Gasteiger charge is 2.40. The first-order chi connectivity index (χ1) is 18.8. The molecule has 4 aromatic rings. The van der Waals surface area contributed by atoms with Crippen LogP contribution in [0.2, 0.25) is 5.02 Å². The summed E-state index contributed by atoms with van der Waals surface area (Å²) in [6.45, 7) is 4.96. The summed E-state index contributed by atoms with van der Waals surface area (Å²) < 4.78 is 7.38. The van der Waals surface area contributed by atoms with Crippen LogP contribution in [0, 0.1) is 17.8 Å². The predicted molar refractivity (Wildman–Crippen MR) is 149 cm³/mol. The lowest BCUT2D eigenvalue weighted by Crippen LogP contribution is -2.37. The van der Waals surface area contributed by atoms with Crippen molar-refractivity contribution in [1.29, 1.82) is 0 Å². The third-order valence-corrected chi connectivity index (χ3v) is 8.99. The molecule has 0 spiro atoms. The van der Waals surface area contributed by atoms with Gasteiger partial charge >= 0.3 is 5.76 Å². The van der Waals surface area contributed by atoms with Crippen molar-refractivity contribution in [1.82, 2.24) is 29.7 Å². The Balaban J connectivity index is 1.58. The van der Waals surface area contributed by atoms with Gasteiger partial charge < -0.3 is 14.1 Å². The van der Waals surface area contributed by atoms with Crippen LogP contribution in [0.5, 0.6) is 0 Å². The molecule has 0 amide bonds. The summed E-state index contributed by atoms with van der Waals surface area (Å²) in [5.74, 6) is 1.40. The molecule has 0 bridgehead atoms. The van der Waals surface area contributed by atoms with E-state index in [-0.39, 0.29) is 17.6 Å². The molecule has 1 aromatic carbocycles. The van der Waals surface area contributed by atoms with Crippen LogP contribution in [0.15, 0.2) is 33.5 Å². The fraction of sp³-hybridized carbons (Fsp3) is 0.552. The molecular formula is C29H35ClN6O3. The molecule has 3 aromatic heterocycles. The summed E-state index contributed by atoms with van der Waals surface area (Å²) in [5, 5.41) is 19.0. The zero-order valence-electron chi connectivity index (χ0n) is 22.5. The first-order valence-electron chi connectivity index (χ1n) is 14.1. The van der Waals surface area contributed by atoms with Gasteiger partial charge in [-0.05, 0) is 62.5 Å². The number of halogens is 1. The van der Waals surface area contributed by atoms with Crippen LogP contribution in [0.3, 0.4) is 0 Å². The van der Waals surface area contributed by atoms with Gasteiger partial charge in [-0.15, -0.1) is 5.10 Å². The largest absolute Gasteiger partial charge is 0.434 e. The monoisotopic (exact) mass is 550 g/mol. The van der Waals surface area contributed by atoms with Crippen LogP contribution < -0.4 is 5.76 Å². The number of H-pyrrole nitrogens is 1. The highest BCUT2D eigenvalue weighted by atomic mass is 35.5. The minimum Gasteiger partial charge on any atom is -0.384 e. The average molecular weight is 551 g/mol. The van der Waals surface area contributed by atoms with Crippen molar-refractivity contribution in [3.8, 4) is 23.0 Å². The number of aromatic amines is 1. The van der Waals surface area contributed by atoms with Crippen LogP contribution in [0.1, 0.15) is 77.5 Å². The summed E-state index contributed by atoms with van der Waals surface area (Å²) in [4.78, 5) is 26.3. The van der Waals surface area contributed by atoms with Crippen LogP contribution in [-0.4, -0.2) is 34.8 Å². The lowest BCUT2D eigenvalue weighted by atomic mass is 9.77. The van der Waals surface area contributed by atoms with E-state index < -0.39 is 11.4 Å². The van der Waals surface area contributed by atoms with Gasteiger partial charge in [0.2, 0.25) is 5.82 Å². The topological polar surface area (TPSA) is 123 Å². The Morgan fingerprint density at radius 2 is 1.87 bits per heavy atom. The number of benzene rings is 1. The fourth-order valence-electron chi connectivity index (χ4n) is 6.48. The van der Waals surface area contributed by atoms with E-state index in [1.165, 1.54) is 19.3 Å². The second-order valence-electron chi connectivity index (χ2n) is 11.7. The molecule has 206 valence electrons. The van der Waals surface area contributed by atoms with E-state index >= 15 is 0 Å². The van der Waals surface area contributed by atoms with Crippen molar-refractivity contribution in [2.24, 2.45) is 17.8 Å². The minimum absolute atomic E-state index is 0.0124. The number of rotatable bonds is 6. The third kappa shape index (κ3) is 5.14. The summed E-state index contributed by atoms with van der Waals surface area (Å²) in [6, 6.07) is 7.49. The molecule has 1 atom stereocenters. The number of fused-ring (bicyclic) bond motifs is 1. The normalized spacial score (nSPS) is 22.3. The van der Waals surface area contributed by atoms with Crippen LogP contribution in [0.4, 0.5) is 0 Å². The number of hydrogen-bond donors (Lipinski definition) is 2. The smallest absolute Gasteiger partial charge is 0.384 e. The Hall–Kier alpha value is -3.04. The van der Waals surface area contributed by atoms with Gasteiger partial charge in [0.05, 0.1) is 0 Å². The van der Waals surface area contributed by atoms with Gasteiger partial charge in [0.25, 0.3) is 5.89 Å². The standard InChI is InChI=1S/C29H35ClN6O3/c1-17-11-13-18(14-12-17)16-36-23-22(19-7-6-10-21(30)15-19)31-25(26-34-35-28(37)39-26)32-24(23)33-27(36)29(2,38)20-8-4-3-5-9-20/h6-7,10,15,17-18,20,38H,3-5,8-9,11-14,16H2,1-2H3,(H,35,37). The van der Waals surface area contributed by atoms with E-state index in [9.17, 15) is 9.90 Å². The predicted octanol–water partition coefficient (Wildman–Crippen LogP) is 6.10. The third-order valence-electron chi connectivity index (χ3n) is 8.76. The highest BCUT2D eigenvalue weighted by Crippen LogP contribution is 2.42. The van der Waals surface area contributed by atoms with Crippen molar-refractivity contribution < 1.29 is 9.52 Å². The van der Waals surface area contributed by atoms with Gasteiger partial charge in [0.1, 0.15) is 22.6 Å². The molecule has 0 aliphatic heterocycles. The van der Waals surface area contributed by atoms with Crippen LogP contribution in [0.25, 0.3) is 34.1 Å². The molecule has 2 aliphatic rings. The molecule has 39 heavy (non-hydrogen) atoms. The minimum atomic E-state index is -1.13. The first-order valence-corrected chi connectivity index (χ1v) is 14.5. The van der Waals surface area contributed by atoms with Gasteiger partial charge in [-0.3, -0.25) is 0 Å². The zero-order chi connectivity index (χ0) is 27.1. The number of nitrogens with zero attached hydrogens (tertiary/aromatic N) is 5. The van der Waals surface area contributed by atoms with Gasteiger partial charge in [-0.25, -0.2) is 24.8 Å². The lowest BCUT2D eigenvalue weighted by molar-refractivity contribution is -0.0322. The Morgan fingerprint density at radius 1 is 1.10 bits per heavy atom. The van der Waals surface area contributed by atoms with Crippen molar-refractivity contribution in [2.75, 3.05) is 0 Å². The van der Waals surface area contributed by atoms with Crippen LogP contribution in [-0.2, 0) is 12.1 Å². The van der Waals surface area contributed by atoms with E-state index in [2.05, 4.69) is 21.7 Å². The maximum absolute atomic E-state index is 12.1. The molecule has 2 saturated carbocycles. The molecule has 3 heterocycles. The first kappa shape index (κ1) is 26.2. The van der Waals surface area contributed by atoms with Crippen molar-refractivity contribution >= 4 is 22.8 Å². The molecule has 0 radical (unpaired) electrons. The molecule has 1 unspecified atom stereocenters. The summed E-state index contributed by atoms with van der Waals surface area (Å²) >= 11 is 6.41. The van der Waals surface area contributed by atoms with E-state index in [1.807, 2.05) is 31.2 Å². The Labute approximate surface area is 232 Å².